The van der Waals surface area contributed by atoms with E-state index in [4.69, 9.17) is 4.42 Å². The molecule has 5 rings (SSSR count). The summed E-state index contributed by atoms with van der Waals surface area (Å²) in [5.74, 6) is -0.504. The fourth-order valence-corrected chi connectivity index (χ4v) is 5.25. The summed E-state index contributed by atoms with van der Waals surface area (Å²) in [5, 5.41) is 13.7. The second-order valence-corrected chi connectivity index (χ2v) is 10.0. The second-order valence-electron chi connectivity index (χ2n) is 10.0. The summed E-state index contributed by atoms with van der Waals surface area (Å²) in [6.45, 7) is 2.22. The van der Waals surface area contributed by atoms with Crippen LogP contribution in [0.5, 0.6) is 0 Å². The van der Waals surface area contributed by atoms with Crippen LogP contribution in [0.1, 0.15) is 23.7 Å². The lowest BCUT2D eigenvalue weighted by molar-refractivity contribution is 0.0964. The number of likely N-dealkylation sites (N-methyl/N-ethyl adjacent to an activating group) is 1. The van der Waals surface area contributed by atoms with Crippen LogP contribution in [0.3, 0.4) is 0 Å². The maximum Gasteiger partial charge on any atom is 0.411 e. The van der Waals surface area contributed by atoms with E-state index >= 15 is 0 Å². The van der Waals surface area contributed by atoms with Crippen LogP contribution >= 0.6 is 0 Å². The van der Waals surface area contributed by atoms with Gasteiger partial charge in [0.15, 0.2) is 0 Å². The molecule has 0 aliphatic carbocycles. The van der Waals surface area contributed by atoms with E-state index in [-0.39, 0.29) is 24.3 Å². The second kappa shape index (κ2) is 12.2. The molecule has 0 spiro atoms. The number of nitrogens with one attached hydrogen (secondary N) is 1. The zero-order valence-electron chi connectivity index (χ0n) is 23.7. The first-order valence-electron chi connectivity index (χ1n) is 13.7. The number of furan rings is 1. The Morgan fingerprint density at radius 1 is 0.929 bits per heavy atom. The molecule has 0 saturated heterocycles. The number of fused-ring (bicyclic) bond motifs is 1. The summed E-state index contributed by atoms with van der Waals surface area (Å²) in [4.78, 5) is 29.5. The van der Waals surface area contributed by atoms with Gasteiger partial charge in [-0.15, -0.1) is 0 Å². The molecule has 2 N–H and O–H groups in total. The Kier molecular flexibility index (Phi) is 8.24. The van der Waals surface area contributed by atoms with Gasteiger partial charge in [0.2, 0.25) is 0 Å². The van der Waals surface area contributed by atoms with E-state index in [1.165, 1.54) is 24.1 Å². The third-order valence-corrected chi connectivity index (χ3v) is 7.55. The van der Waals surface area contributed by atoms with Crippen molar-refractivity contribution in [2.24, 2.45) is 0 Å². The van der Waals surface area contributed by atoms with E-state index < -0.39 is 11.9 Å². The summed E-state index contributed by atoms with van der Waals surface area (Å²) in [6, 6.07) is 28.4. The van der Waals surface area contributed by atoms with E-state index in [1.807, 2.05) is 74.6 Å². The SMILES string of the molecule is CCC(CN(C(=O)O)c1cc2oc(-c3ccc(F)cc3)c(C(=O)NC)c2cc1-c1ccccc1)N(C)c1ccccc1. The molecule has 0 fully saturated rings. The van der Waals surface area contributed by atoms with Crippen molar-refractivity contribution in [1.29, 1.82) is 0 Å². The number of halogens is 1. The lowest BCUT2D eigenvalue weighted by Gasteiger charge is -2.33. The number of carbonyl (C=O) groups is 2. The quantitative estimate of drug-likeness (QED) is 0.192. The molecule has 5 aromatic rings. The first-order chi connectivity index (χ1) is 20.3. The van der Waals surface area contributed by atoms with Crippen LogP contribution < -0.4 is 15.1 Å². The first kappa shape index (κ1) is 28.4. The van der Waals surface area contributed by atoms with Gasteiger partial charge in [-0.05, 0) is 54.4 Å². The van der Waals surface area contributed by atoms with Crippen molar-refractivity contribution in [3.8, 4) is 22.5 Å². The topological polar surface area (TPSA) is 86.0 Å². The minimum atomic E-state index is -1.11. The predicted molar refractivity (Wildman–Crippen MR) is 165 cm³/mol. The maximum absolute atomic E-state index is 13.7. The van der Waals surface area contributed by atoms with Crippen LogP contribution in [0.4, 0.5) is 20.6 Å². The molecule has 1 heterocycles. The number of rotatable bonds is 9. The van der Waals surface area contributed by atoms with Gasteiger partial charge in [0.1, 0.15) is 17.2 Å². The normalized spacial score (nSPS) is 11.7. The number of carboxylic acid groups (broad SMARTS) is 1. The third kappa shape index (κ3) is 5.56. The Morgan fingerprint density at radius 3 is 2.17 bits per heavy atom. The van der Waals surface area contributed by atoms with E-state index in [2.05, 4.69) is 10.2 Å². The van der Waals surface area contributed by atoms with Crippen molar-refractivity contribution in [3.05, 3.63) is 108 Å². The van der Waals surface area contributed by atoms with Crippen molar-refractivity contribution >= 4 is 34.3 Å². The van der Waals surface area contributed by atoms with Gasteiger partial charge in [0.25, 0.3) is 5.91 Å². The molecule has 0 aliphatic rings. The molecule has 0 aliphatic heterocycles. The first-order valence-corrected chi connectivity index (χ1v) is 13.7. The fourth-order valence-electron chi connectivity index (χ4n) is 5.25. The summed E-state index contributed by atoms with van der Waals surface area (Å²) in [6.07, 6.45) is -0.405. The van der Waals surface area contributed by atoms with Crippen molar-refractivity contribution in [2.75, 3.05) is 30.4 Å². The molecule has 7 nitrogen and oxygen atoms in total. The third-order valence-electron chi connectivity index (χ3n) is 7.55. The Bertz CT molecular complexity index is 1700. The summed E-state index contributed by atoms with van der Waals surface area (Å²) >= 11 is 0. The monoisotopic (exact) mass is 565 g/mol. The number of hydrogen-bond donors (Lipinski definition) is 2. The van der Waals surface area contributed by atoms with Gasteiger partial charge in [-0.1, -0.05) is 55.5 Å². The highest BCUT2D eigenvalue weighted by Crippen LogP contribution is 2.41. The summed E-state index contributed by atoms with van der Waals surface area (Å²) < 4.78 is 20.0. The molecule has 1 unspecified atom stereocenters. The fraction of sp³-hybridized carbons (Fsp3) is 0.176. The zero-order chi connectivity index (χ0) is 29.8. The number of hydrogen-bond acceptors (Lipinski definition) is 4. The van der Waals surface area contributed by atoms with Crippen LogP contribution in [0.15, 0.2) is 101 Å². The molecule has 1 atom stereocenters. The molecule has 42 heavy (non-hydrogen) atoms. The van der Waals surface area contributed by atoms with Crippen LogP contribution in [0.2, 0.25) is 0 Å². The predicted octanol–water partition coefficient (Wildman–Crippen LogP) is 7.66. The summed E-state index contributed by atoms with van der Waals surface area (Å²) in [5.41, 5.74) is 4.01. The highest BCUT2D eigenvalue weighted by molar-refractivity contribution is 6.13. The number of nitrogens with zero attached hydrogens (tertiary/aromatic N) is 2. The van der Waals surface area contributed by atoms with Gasteiger partial charge in [-0.3, -0.25) is 9.69 Å². The van der Waals surface area contributed by atoms with Crippen molar-refractivity contribution in [2.45, 2.75) is 19.4 Å². The average Bonchev–Trinajstić information content (AvgIpc) is 3.40. The van der Waals surface area contributed by atoms with Crippen molar-refractivity contribution < 1.29 is 23.5 Å². The average molecular weight is 566 g/mol. The van der Waals surface area contributed by atoms with Crippen LogP contribution in [-0.2, 0) is 0 Å². The van der Waals surface area contributed by atoms with E-state index in [0.29, 0.717) is 39.8 Å². The number of anilines is 2. The molecule has 8 heteroatoms. The standard InChI is InChI=1S/C34H32FN3O4/c1-4-25(37(3)26-13-9-6-10-14-26)21-38(34(40)41)29-20-30-28(19-27(29)22-11-7-5-8-12-22)31(33(39)36-2)32(42-30)23-15-17-24(35)18-16-23/h5-20,25H,4,21H2,1-3H3,(H,36,39)(H,40,41). The van der Waals surface area contributed by atoms with Crippen LogP contribution in [0.25, 0.3) is 33.4 Å². The van der Waals surface area contributed by atoms with Gasteiger partial charge in [0, 0.05) is 54.9 Å². The minimum Gasteiger partial charge on any atom is -0.465 e. The maximum atomic E-state index is 13.7. The van der Waals surface area contributed by atoms with Crippen LogP contribution in [-0.4, -0.2) is 43.8 Å². The Hall–Kier alpha value is -5.11. The Labute approximate surface area is 243 Å². The lowest BCUT2D eigenvalue weighted by atomic mass is 9.97. The van der Waals surface area contributed by atoms with Gasteiger partial charge < -0.3 is 19.7 Å². The highest BCUT2D eigenvalue weighted by Gasteiger charge is 2.28. The molecule has 214 valence electrons. The molecule has 4 aromatic carbocycles. The van der Waals surface area contributed by atoms with Gasteiger partial charge >= 0.3 is 6.09 Å². The number of para-hydroxylation sites is 1. The molecule has 1 aromatic heterocycles. The van der Waals surface area contributed by atoms with Gasteiger partial charge in [0.05, 0.1) is 11.3 Å². The largest absolute Gasteiger partial charge is 0.465 e. The smallest absolute Gasteiger partial charge is 0.411 e. The zero-order valence-corrected chi connectivity index (χ0v) is 23.7. The van der Waals surface area contributed by atoms with Crippen LogP contribution in [0, 0.1) is 5.82 Å². The number of amides is 2. The minimum absolute atomic E-state index is 0.129. The molecule has 0 radical (unpaired) electrons. The lowest BCUT2D eigenvalue weighted by Crippen LogP contribution is -2.44. The highest BCUT2D eigenvalue weighted by atomic mass is 19.1. The van der Waals surface area contributed by atoms with E-state index in [1.54, 1.807) is 24.3 Å². The van der Waals surface area contributed by atoms with Gasteiger partial charge in [-0.25, -0.2) is 9.18 Å². The summed E-state index contributed by atoms with van der Waals surface area (Å²) in [7, 11) is 3.49. The Morgan fingerprint density at radius 2 is 1.57 bits per heavy atom. The number of carbonyl (C=O) groups excluding carboxylic acids is 1. The molecular formula is C34H32FN3O4. The van der Waals surface area contributed by atoms with E-state index in [0.717, 1.165) is 11.3 Å². The van der Waals surface area contributed by atoms with E-state index in [9.17, 15) is 19.1 Å². The molecular weight excluding hydrogens is 533 g/mol. The van der Waals surface area contributed by atoms with Crippen molar-refractivity contribution in [3.63, 3.8) is 0 Å². The number of benzene rings is 4. The molecule has 0 saturated carbocycles. The Balaban J connectivity index is 1.70. The molecule has 0 bridgehead atoms. The van der Waals surface area contributed by atoms with Gasteiger partial charge in [-0.2, -0.15) is 0 Å². The molecule has 2 amide bonds. The van der Waals surface area contributed by atoms with Crippen molar-refractivity contribution in [1.82, 2.24) is 5.32 Å².